The highest BCUT2D eigenvalue weighted by atomic mass is 16.5. The second-order valence-corrected chi connectivity index (χ2v) is 7.95. The predicted octanol–water partition coefficient (Wildman–Crippen LogP) is 3.92. The predicted molar refractivity (Wildman–Crippen MR) is 116 cm³/mol. The molecule has 158 valence electrons. The van der Waals surface area contributed by atoms with Gasteiger partial charge in [0.2, 0.25) is 0 Å². The summed E-state index contributed by atoms with van der Waals surface area (Å²) >= 11 is 0. The molecule has 2 aromatic carbocycles. The number of hydrogen-bond donors (Lipinski definition) is 2. The molecular weight excluding hydrogens is 380 g/mol. The maximum Gasteiger partial charge on any atom is 0.339 e. The quantitative estimate of drug-likeness (QED) is 0.710. The van der Waals surface area contributed by atoms with Gasteiger partial charge in [-0.3, -0.25) is 9.59 Å². The van der Waals surface area contributed by atoms with E-state index in [1.807, 2.05) is 34.6 Å². The third-order valence-corrected chi connectivity index (χ3v) is 5.86. The molecule has 2 amide bonds. The largest absolute Gasteiger partial charge is 0.452 e. The van der Waals surface area contributed by atoms with Crippen LogP contribution in [0.1, 0.15) is 61.4 Å². The van der Waals surface area contributed by atoms with E-state index in [9.17, 15) is 14.4 Å². The molecule has 0 unspecified atom stereocenters. The highest BCUT2D eigenvalue weighted by Crippen LogP contribution is 2.26. The maximum absolute atomic E-state index is 12.7. The Balaban J connectivity index is 1.63. The molecule has 0 saturated heterocycles. The second kappa shape index (κ2) is 8.69. The molecule has 0 atom stereocenters. The van der Waals surface area contributed by atoms with Crippen molar-refractivity contribution in [2.24, 2.45) is 0 Å². The van der Waals surface area contributed by atoms with Crippen LogP contribution in [0.3, 0.4) is 0 Å². The average Bonchev–Trinajstić information content (AvgIpc) is 3.53. The summed E-state index contributed by atoms with van der Waals surface area (Å²) in [4.78, 5) is 37.1. The lowest BCUT2D eigenvalue weighted by Gasteiger charge is -2.17. The Labute approximate surface area is 177 Å². The van der Waals surface area contributed by atoms with Crippen molar-refractivity contribution in [2.45, 2.75) is 53.5 Å². The molecule has 0 spiro atoms. The fraction of sp³-hybridized carbons (Fsp3) is 0.375. The summed E-state index contributed by atoms with van der Waals surface area (Å²) in [6.07, 6.45) is 2.01. The Morgan fingerprint density at radius 2 is 1.53 bits per heavy atom. The van der Waals surface area contributed by atoms with Crippen LogP contribution in [0.15, 0.2) is 24.3 Å². The summed E-state index contributed by atoms with van der Waals surface area (Å²) in [6, 6.07) is 6.96. The van der Waals surface area contributed by atoms with E-state index in [4.69, 9.17) is 4.74 Å². The molecule has 1 aliphatic carbocycles. The summed E-state index contributed by atoms with van der Waals surface area (Å²) in [6.45, 7) is 9.38. The summed E-state index contributed by atoms with van der Waals surface area (Å²) < 4.78 is 5.28. The number of carbonyl (C=O) groups excluding carboxylic acids is 3. The van der Waals surface area contributed by atoms with E-state index in [0.29, 0.717) is 16.8 Å². The van der Waals surface area contributed by atoms with E-state index in [0.717, 1.165) is 40.7 Å². The molecule has 1 aliphatic rings. The smallest absolute Gasteiger partial charge is 0.339 e. The molecule has 0 heterocycles. The van der Waals surface area contributed by atoms with E-state index < -0.39 is 18.5 Å². The van der Waals surface area contributed by atoms with Crippen molar-refractivity contribution in [3.05, 3.63) is 63.2 Å². The van der Waals surface area contributed by atoms with Gasteiger partial charge in [-0.2, -0.15) is 0 Å². The molecule has 1 saturated carbocycles. The fourth-order valence-electron chi connectivity index (χ4n) is 3.44. The van der Waals surface area contributed by atoms with Gasteiger partial charge < -0.3 is 15.4 Å². The van der Waals surface area contributed by atoms with Gasteiger partial charge in [-0.25, -0.2) is 4.79 Å². The Hall–Kier alpha value is -3.15. The van der Waals surface area contributed by atoms with Crippen LogP contribution in [-0.2, 0) is 9.53 Å². The lowest BCUT2D eigenvalue weighted by atomic mass is 9.90. The standard InChI is InChI=1S/C24H28N2O4/c1-13-14(2)16(4)22(17(5)15(13)3)24(29)30-12-21(27)25-20-8-6-7-18(11-20)23(28)26-19-9-10-19/h6-8,11,19H,9-10,12H2,1-5H3,(H,25,27)(H,26,28). The van der Waals surface area contributed by atoms with E-state index in [1.165, 1.54) is 0 Å². The highest BCUT2D eigenvalue weighted by Gasteiger charge is 2.24. The van der Waals surface area contributed by atoms with Crippen molar-refractivity contribution in [3.63, 3.8) is 0 Å². The Kier molecular flexibility index (Phi) is 6.25. The number of carbonyl (C=O) groups is 3. The first kappa shape index (κ1) is 21.6. The molecule has 30 heavy (non-hydrogen) atoms. The van der Waals surface area contributed by atoms with E-state index in [2.05, 4.69) is 10.6 Å². The molecule has 3 rings (SSSR count). The Morgan fingerprint density at radius 3 is 2.13 bits per heavy atom. The zero-order valence-corrected chi connectivity index (χ0v) is 18.1. The number of ether oxygens (including phenoxy) is 1. The molecule has 0 radical (unpaired) electrons. The van der Waals surface area contributed by atoms with Crippen LogP contribution < -0.4 is 10.6 Å². The van der Waals surface area contributed by atoms with Crippen molar-refractivity contribution in [3.8, 4) is 0 Å². The van der Waals surface area contributed by atoms with E-state index in [-0.39, 0.29) is 11.9 Å². The second-order valence-electron chi connectivity index (χ2n) is 7.95. The van der Waals surface area contributed by atoms with Crippen molar-refractivity contribution >= 4 is 23.5 Å². The minimum absolute atomic E-state index is 0.156. The van der Waals surface area contributed by atoms with Crippen LogP contribution in [0.5, 0.6) is 0 Å². The van der Waals surface area contributed by atoms with Crippen molar-refractivity contribution in [1.29, 1.82) is 0 Å². The molecule has 2 N–H and O–H groups in total. The van der Waals surface area contributed by atoms with Gasteiger partial charge >= 0.3 is 5.97 Å². The summed E-state index contributed by atoms with van der Waals surface area (Å²) in [5, 5.41) is 5.59. The maximum atomic E-state index is 12.7. The first-order chi connectivity index (χ1) is 14.2. The molecule has 0 aromatic heterocycles. The van der Waals surface area contributed by atoms with Gasteiger partial charge in [0.1, 0.15) is 0 Å². The first-order valence-corrected chi connectivity index (χ1v) is 10.1. The Bertz CT molecular complexity index is 993. The van der Waals surface area contributed by atoms with Crippen molar-refractivity contribution in [1.82, 2.24) is 5.32 Å². The average molecular weight is 408 g/mol. The third-order valence-electron chi connectivity index (χ3n) is 5.86. The van der Waals surface area contributed by atoms with Gasteiger partial charge in [0, 0.05) is 17.3 Å². The first-order valence-electron chi connectivity index (χ1n) is 10.1. The minimum atomic E-state index is -0.510. The van der Waals surface area contributed by atoms with Crippen LogP contribution in [0.4, 0.5) is 5.69 Å². The van der Waals surface area contributed by atoms with Gasteiger partial charge in [0.15, 0.2) is 6.61 Å². The number of amides is 2. The molecule has 2 aromatic rings. The topological polar surface area (TPSA) is 84.5 Å². The Morgan fingerprint density at radius 1 is 0.933 bits per heavy atom. The van der Waals surface area contributed by atoms with Crippen molar-refractivity contribution < 1.29 is 19.1 Å². The summed E-state index contributed by atoms with van der Waals surface area (Å²) in [5.74, 6) is -1.13. The SMILES string of the molecule is Cc1c(C)c(C)c(C(=O)OCC(=O)Nc2cccc(C(=O)NC3CC3)c2)c(C)c1C. The number of hydrogen-bond acceptors (Lipinski definition) is 4. The fourth-order valence-corrected chi connectivity index (χ4v) is 3.44. The number of anilines is 1. The van der Waals surface area contributed by atoms with Crippen LogP contribution in [0.25, 0.3) is 0 Å². The van der Waals surface area contributed by atoms with E-state index >= 15 is 0 Å². The number of rotatable bonds is 6. The number of benzene rings is 2. The van der Waals surface area contributed by atoms with Gasteiger partial charge in [0.25, 0.3) is 11.8 Å². The minimum Gasteiger partial charge on any atom is -0.452 e. The molecule has 0 aliphatic heterocycles. The van der Waals surface area contributed by atoms with Gasteiger partial charge in [0.05, 0.1) is 5.56 Å². The zero-order chi connectivity index (χ0) is 22.0. The zero-order valence-electron chi connectivity index (χ0n) is 18.1. The van der Waals surface area contributed by atoms with Gasteiger partial charge in [-0.05, 0) is 93.5 Å². The molecule has 6 heteroatoms. The summed E-state index contributed by atoms with van der Waals surface area (Å²) in [7, 11) is 0. The van der Waals surface area contributed by atoms with Crippen molar-refractivity contribution in [2.75, 3.05) is 11.9 Å². The number of esters is 1. The normalized spacial score (nSPS) is 13.0. The molecular formula is C24H28N2O4. The molecule has 1 fully saturated rings. The van der Waals surface area contributed by atoms with E-state index in [1.54, 1.807) is 24.3 Å². The third kappa shape index (κ3) is 4.70. The van der Waals surface area contributed by atoms with Crippen LogP contribution in [0, 0.1) is 34.6 Å². The molecule has 6 nitrogen and oxygen atoms in total. The lowest BCUT2D eigenvalue weighted by Crippen LogP contribution is -2.25. The molecule has 0 bridgehead atoms. The van der Waals surface area contributed by atoms with Gasteiger partial charge in [-0.15, -0.1) is 0 Å². The number of nitrogens with one attached hydrogen (secondary N) is 2. The van der Waals surface area contributed by atoms with Gasteiger partial charge in [-0.1, -0.05) is 6.07 Å². The summed E-state index contributed by atoms with van der Waals surface area (Å²) in [5.41, 5.74) is 6.48. The van der Waals surface area contributed by atoms with Crippen LogP contribution in [0.2, 0.25) is 0 Å². The highest BCUT2D eigenvalue weighted by molar-refractivity contribution is 5.99. The van der Waals surface area contributed by atoms with Crippen LogP contribution in [-0.4, -0.2) is 30.4 Å². The monoisotopic (exact) mass is 408 g/mol. The lowest BCUT2D eigenvalue weighted by molar-refractivity contribution is -0.119. The van der Waals surface area contributed by atoms with Crippen LogP contribution >= 0.6 is 0 Å².